The molecule has 1 aliphatic rings. The van der Waals surface area contributed by atoms with Gasteiger partial charge in [-0.15, -0.1) is 0 Å². The number of methoxy groups -OCH3 is 2. The van der Waals surface area contributed by atoms with Gasteiger partial charge in [0.1, 0.15) is 5.58 Å². The Morgan fingerprint density at radius 1 is 1.25 bits per heavy atom. The molecule has 3 unspecified atom stereocenters. The number of hydrogen-bond donors (Lipinski definition) is 1. The Kier molecular flexibility index (Phi) is 8.69. The SMILES string of the molecule is CCOC1OC(C(=O)N(C)CC(OC)OC)=CC(c2coc3ccccc23)C1CCCO. The molecule has 1 amide bonds. The molecule has 0 saturated carbocycles. The average Bonchev–Trinajstić information content (AvgIpc) is 3.24. The van der Waals surface area contributed by atoms with Crippen LogP contribution >= 0.6 is 0 Å². The van der Waals surface area contributed by atoms with Crippen LogP contribution in [0.15, 0.2) is 46.8 Å². The summed E-state index contributed by atoms with van der Waals surface area (Å²) in [5, 5.41) is 10.4. The van der Waals surface area contributed by atoms with Crippen LogP contribution in [0.2, 0.25) is 0 Å². The normalized spacial score (nSPS) is 20.9. The molecule has 2 heterocycles. The van der Waals surface area contributed by atoms with Gasteiger partial charge in [0.25, 0.3) is 5.91 Å². The lowest BCUT2D eigenvalue weighted by Crippen LogP contribution is -2.41. The highest BCUT2D eigenvalue weighted by Crippen LogP contribution is 2.42. The number of para-hydroxylation sites is 1. The van der Waals surface area contributed by atoms with E-state index in [1.165, 1.54) is 19.1 Å². The Bertz CT molecular complexity index is 905. The Labute approximate surface area is 188 Å². The summed E-state index contributed by atoms with van der Waals surface area (Å²) in [5.41, 5.74) is 1.75. The highest BCUT2D eigenvalue weighted by atomic mass is 16.7. The maximum absolute atomic E-state index is 13.2. The van der Waals surface area contributed by atoms with Gasteiger partial charge in [-0.2, -0.15) is 0 Å². The van der Waals surface area contributed by atoms with E-state index < -0.39 is 12.6 Å². The van der Waals surface area contributed by atoms with E-state index in [9.17, 15) is 9.90 Å². The highest BCUT2D eigenvalue weighted by molar-refractivity contribution is 5.92. The zero-order valence-electron chi connectivity index (χ0n) is 19.2. The number of likely N-dealkylation sites (N-methyl/N-ethyl adjacent to an activating group) is 1. The third-order valence-electron chi connectivity index (χ3n) is 5.79. The number of furan rings is 1. The summed E-state index contributed by atoms with van der Waals surface area (Å²) >= 11 is 0. The zero-order valence-corrected chi connectivity index (χ0v) is 19.2. The molecule has 1 aromatic heterocycles. The van der Waals surface area contributed by atoms with Crippen molar-refractivity contribution in [1.29, 1.82) is 0 Å². The Hall–Kier alpha value is -2.39. The first-order chi connectivity index (χ1) is 15.5. The van der Waals surface area contributed by atoms with Crippen LogP contribution in [0.1, 0.15) is 31.2 Å². The average molecular weight is 448 g/mol. The number of fused-ring (bicyclic) bond motifs is 1. The summed E-state index contributed by atoms with van der Waals surface area (Å²) < 4.78 is 28.2. The van der Waals surface area contributed by atoms with Crippen molar-refractivity contribution in [3.8, 4) is 0 Å². The number of hydrogen-bond acceptors (Lipinski definition) is 7. The Morgan fingerprint density at radius 2 is 2.00 bits per heavy atom. The van der Waals surface area contributed by atoms with Crippen molar-refractivity contribution >= 4 is 16.9 Å². The summed E-state index contributed by atoms with van der Waals surface area (Å²) in [6.07, 6.45) is 3.70. The number of aliphatic hydroxyl groups excluding tert-OH is 1. The molecule has 0 bridgehead atoms. The second kappa shape index (κ2) is 11.5. The lowest BCUT2D eigenvalue weighted by Gasteiger charge is -2.37. The third kappa shape index (κ3) is 5.32. The molecule has 176 valence electrons. The zero-order chi connectivity index (χ0) is 23.1. The van der Waals surface area contributed by atoms with Gasteiger partial charge in [-0.25, -0.2) is 0 Å². The number of rotatable bonds is 11. The van der Waals surface area contributed by atoms with E-state index in [-0.39, 0.29) is 36.7 Å². The van der Waals surface area contributed by atoms with Crippen molar-refractivity contribution in [3.05, 3.63) is 47.9 Å². The fourth-order valence-corrected chi connectivity index (χ4v) is 4.11. The third-order valence-corrected chi connectivity index (χ3v) is 5.79. The molecule has 0 fully saturated rings. The molecule has 1 N–H and O–H groups in total. The standard InChI is InChI=1S/C24H33NO7/c1-5-30-24-17(10-8-12-26)18(19-15-31-20-11-7-6-9-16(19)20)13-21(32-24)23(27)25(2)14-22(28-3)29-4/h6-7,9,11,13,15,17-18,22,24,26H,5,8,10,12,14H2,1-4H3. The molecule has 0 spiro atoms. The monoisotopic (exact) mass is 447 g/mol. The van der Waals surface area contributed by atoms with E-state index in [0.29, 0.717) is 19.4 Å². The molecule has 1 aliphatic heterocycles. The number of aliphatic hydroxyl groups is 1. The van der Waals surface area contributed by atoms with Gasteiger partial charge in [0.15, 0.2) is 12.0 Å². The van der Waals surface area contributed by atoms with Gasteiger partial charge >= 0.3 is 0 Å². The maximum Gasteiger partial charge on any atom is 0.288 e. The first-order valence-corrected chi connectivity index (χ1v) is 10.9. The molecule has 8 nitrogen and oxygen atoms in total. The molecule has 2 aromatic rings. The largest absolute Gasteiger partial charge is 0.464 e. The summed E-state index contributed by atoms with van der Waals surface area (Å²) in [6, 6.07) is 7.81. The van der Waals surface area contributed by atoms with Gasteiger partial charge in [0, 0.05) is 57.3 Å². The molecule has 3 atom stereocenters. The molecule has 3 rings (SSSR count). The maximum atomic E-state index is 13.2. The van der Waals surface area contributed by atoms with Crippen LogP contribution in [0.4, 0.5) is 0 Å². The van der Waals surface area contributed by atoms with Crippen LogP contribution in [0.25, 0.3) is 11.0 Å². The molecule has 1 aromatic carbocycles. The number of carbonyl (C=O) groups is 1. The van der Waals surface area contributed by atoms with Gasteiger partial charge < -0.3 is 33.4 Å². The van der Waals surface area contributed by atoms with Crippen LogP contribution < -0.4 is 0 Å². The van der Waals surface area contributed by atoms with Crippen LogP contribution in [0.5, 0.6) is 0 Å². The number of carbonyl (C=O) groups excluding carboxylic acids is 1. The topological polar surface area (TPSA) is 90.6 Å². The smallest absolute Gasteiger partial charge is 0.288 e. The van der Waals surface area contributed by atoms with Gasteiger partial charge in [-0.3, -0.25) is 4.79 Å². The van der Waals surface area contributed by atoms with Crippen molar-refractivity contribution in [2.24, 2.45) is 5.92 Å². The van der Waals surface area contributed by atoms with E-state index >= 15 is 0 Å². The minimum Gasteiger partial charge on any atom is -0.464 e. The molecule has 0 radical (unpaired) electrons. The first kappa shape index (κ1) is 24.3. The predicted molar refractivity (Wildman–Crippen MR) is 119 cm³/mol. The van der Waals surface area contributed by atoms with E-state index in [0.717, 1.165) is 16.5 Å². The Balaban J connectivity index is 1.99. The molecular weight excluding hydrogens is 414 g/mol. The second-order valence-electron chi connectivity index (χ2n) is 7.80. The first-order valence-electron chi connectivity index (χ1n) is 10.9. The molecule has 8 heteroatoms. The van der Waals surface area contributed by atoms with Crippen molar-refractivity contribution in [2.45, 2.75) is 38.3 Å². The lowest BCUT2D eigenvalue weighted by atomic mass is 9.80. The highest BCUT2D eigenvalue weighted by Gasteiger charge is 2.39. The number of amides is 1. The number of nitrogens with zero attached hydrogens (tertiary/aromatic N) is 1. The minimum atomic E-state index is -0.622. The molecule has 0 aliphatic carbocycles. The molecular formula is C24H33NO7. The summed E-state index contributed by atoms with van der Waals surface area (Å²) in [5.74, 6) is -0.334. The van der Waals surface area contributed by atoms with Crippen molar-refractivity contribution in [1.82, 2.24) is 4.90 Å². The van der Waals surface area contributed by atoms with Crippen LogP contribution in [-0.2, 0) is 23.7 Å². The van der Waals surface area contributed by atoms with E-state index in [2.05, 4.69) is 0 Å². The van der Waals surface area contributed by atoms with Crippen molar-refractivity contribution < 1.29 is 33.3 Å². The minimum absolute atomic E-state index is 0.0713. The summed E-state index contributed by atoms with van der Waals surface area (Å²) in [4.78, 5) is 14.7. The molecule has 0 saturated heterocycles. The van der Waals surface area contributed by atoms with Gasteiger partial charge in [-0.05, 0) is 31.9 Å². The number of allylic oxidation sites excluding steroid dienone is 1. The van der Waals surface area contributed by atoms with Crippen LogP contribution in [0, 0.1) is 5.92 Å². The summed E-state index contributed by atoms with van der Waals surface area (Å²) in [6.45, 7) is 2.65. The van der Waals surface area contributed by atoms with Gasteiger partial charge in [-0.1, -0.05) is 18.2 Å². The number of ether oxygens (including phenoxy) is 4. The van der Waals surface area contributed by atoms with Gasteiger partial charge in [0.2, 0.25) is 6.29 Å². The van der Waals surface area contributed by atoms with E-state index in [4.69, 9.17) is 23.4 Å². The molecule has 32 heavy (non-hydrogen) atoms. The predicted octanol–water partition coefficient (Wildman–Crippen LogP) is 3.26. The Morgan fingerprint density at radius 3 is 2.69 bits per heavy atom. The fourth-order valence-electron chi connectivity index (χ4n) is 4.11. The summed E-state index contributed by atoms with van der Waals surface area (Å²) in [7, 11) is 4.73. The van der Waals surface area contributed by atoms with Crippen LogP contribution in [0.3, 0.4) is 0 Å². The van der Waals surface area contributed by atoms with Crippen molar-refractivity contribution in [3.63, 3.8) is 0 Å². The van der Waals surface area contributed by atoms with E-state index in [1.54, 1.807) is 13.3 Å². The lowest BCUT2D eigenvalue weighted by molar-refractivity contribution is -0.172. The fraction of sp³-hybridized carbons (Fsp3) is 0.542. The second-order valence-corrected chi connectivity index (χ2v) is 7.80. The van der Waals surface area contributed by atoms with E-state index in [1.807, 2.05) is 37.3 Å². The van der Waals surface area contributed by atoms with Crippen LogP contribution in [-0.4, -0.2) is 69.5 Å². The number of benzene rings is 1. The van der Waals surface area contributed by atoms with Crippen molar-refractivity contribution in [2.75, 3.05) is 41.0 Å². The van der Waals surface area contributed by atoms with Gasteiger partial charge in [0.05, 0.1) is 12.8 Å². The quantitative estimate of drug-likeness (QED) is 0.529.